The van der Waals surface area contributed by atoms with Gasteiger partial charge in [-0.15, -0.1) is 0 Å². The Morgan fingerprint density at radius 3 is 2.74 bits per heavy atom. The third kappa shape index (κ3) is 3.42. The van der Waals surface area contributed by atoms with Crippen molar-refractivity contribution in [2.24, 2.45) is 5.14 Å². The van der Waals surface area contributed by atoms with E-state index in [-0.39, 0.29) is 10.6 Å². The molecule has 1 heterocycles. The summed E-state index contributed by atoms with van der Waals surface area (Å²) < 4.78 is 27.2. The molecule has 102 valence electrons. The highest BCUT2D eigenvalue weighted by molar-refractivity contribution is 7.89. The van der Waals surface area contributed by atoms with Crippen LogP contribution in [-0.4, -0.2) is 25.1 Å². The van der Waals surface area contributed by atoms with Crippen molar-refractivity contribution in [1.29, 1.82) is 0 Å². The number of anilines is 2. The van der Waals surface area contributed by atoms with E-state index in [4.69, 9.17) is 15.4 Å². The largest absolute Gasteiger partial charge is 0.398 e. The number of hydrogen-bond donors (Lipinski definition) is 3. The molecule has 0 unspecified atom stereocenters. The van der Waals surface area contributed by atoms with Crippen LogP contribution in [0.1, 0.15) is 5.89 Å². The Morgan fingerprint density at radius 2 is 2.16 bits per heavy atom. The van der Waals surface area contributed by atoms with E-state index in [2.05, 4.69) is 15.5 Å². The number of aromatic nitrogens is 2. The van der Waals surface area contributed by atoms with Gasteiger partial charge in [0.15, 0.2) is 6.33 Å². The average molecular weight is 283 g/mol. The molecule has 0 saturated heterocycles. The van der Waals surface area contributed by atoms with Crippen LogP contribution in [0.4, 0.5) is 11.4 Å². The van der Waals surface area contributed by atoms with Gasteiger partial charge < -0.3 is 15.6 Å². The molecule has 9 heteroatoms. The van der Waals surface area contributed by atoms with Crippen LogP contribution < -0.4 is 16.2 Å². The van der Waals surface area contributed by atoms with Gasteiger partial charge in [-0.1, -0.05) is 5.16 Å². The highest BCUT2D eigenvalue weighted by Crippen LogP contribution is 2.21. The molecule has 1 aromatic carbocycles. The smallest absolute Gasteiger partial charge is 0.240 e. The third-order valence-corrected chi connectivity index (χ3v) is 3.38. The predicted octanol–water partition coefficient (Wildman–Crippen LogP) is -0.0462. The molecule has 19 heavy (non-hydrogen) atoms. The molecule has 0 spiro atoms. The Hall–Kier alpha value is -2.13. The maximum Gasteiger partial charge on any atom is 0.240 e. The highest BCUT2D eigenvalue weighted by atomic mass is 32.2. The molecule has 0 aliphatic carbocycles. The van der Waals surface area contributed by atoms with Gasteiger partial charge in [0.05, 0.1) is 5.69 Å². The van der Waals surface area contributed by atoms with Crippen LogP contribution in [-0.2, 0) is 16.4 Å². The first-order chi connectivity index (χ1) is 8.97. The maximum atomic E-state index is 11.2. The van der Waals surface area contributed by atoms with E-state index in [1.807, 2.05) is 0 Å². The molecule has 0 atom stereocenters. The van der Waals surface area contributed by atoms with Crippen LogP contribution in [0.25, 0.3) is 0 Å². The molecule has 2 aromatic rings. The number of nitrogens with one attached hydrogen (secondary N) is 1. The summed E-state index contributed by atoms with van der Waals surface area (Å²) in [5, 5.41) is 11.6. The van der Waals surface area contributed by atoms with Crippen LogP contribution in [0.5, 0.6) is 0 Å². The summed E-state index contributed by atoms with van der Waals surface area (Å²) in [7, 11) is -3.79. The summed E-state index contributed by atoms with van der Waals surface area (Å²) in [4.78, 5) is 3.79. The van der Waals surface area contributed by atoms with Crippen molar-refractivity contribution in [3.8, 4) is 0 Å². The van der Waals surface area contributed by atoms with E-state index in [1.54, 1.807) is 6.07 Å². The summed E-state index contributed by atoms with van der Waals surface area (Å²) >= 11 is 0. The zero-order chi connectivity index (χ0) is 13.9. The topological polar surface area (TPSA) is 137 Å². The molecule has 8 nitrogen and oxygen atoms in total. The molecule has 1 aromatic heterocycles. The van der Waals surface area contributed by atoms with Crippen LogP contribution in [0.15, 0.2) is 33.9 Å². The number of nitrogens with zero attached hydrogens (tertiary/aromatic N) is 2. The zero-order valence-electron chi connectivity index (χ0n) is 9.91. The lowest BCUT2D eigenvalue weighted by atomic mass is 10.2. The van der Waals surface area contributed by atoms with Gasteiger partial charge in [0.25, 0.3) is 0 Å². The number of nitrogen functional groups attached to an aromatic ring is 1. The van der Waals surface area contributed by atoms with Gasteiger partial charge in [-0.2, -0.15) is 4.98 Å². The van der Waals surface area contributed by atoms with E-state index < -0.39 is 10.0 Å². The molecule has 0 bridgehead atoms. The van der Waals surface area contributed by atoms with Gasteiger partial charge in [0, 0.05) is 18.7 Å². The fourth-order valence-corrected chi connectivity index (χ4v) is 2.18. The molecule has 2 rings (SSSR count). The number of benzene rings is 1. The van der Waals surface area contributed by atoms with E-state index in [1.165, 1.54) is 18.5 Å². The number of rotatable bonds is 5. The van der Waals surface area contributed by atoms with Crippen molar-refractivity contribution in [3.63, 3.8) is 0 Å². The molecule has 5 N–H and O–H groups in total. The molecule has 0 amide bonds. The van der Waals surface area contributed by atoms with Gasteiger partial charge in [0.2, 0.25) is 15.9 Å². The monoisotopic (exact) mass is 283 g/mol. The molecule has 0 aliphatic rings. The third-order valence-electron chi connectivity index (χ3n) is 2.39. The normalized spacial score (nSPS) is 11.4. The Labute approximate surface area is 109 Å². The number of sulfonamides is 1. The van der Waals surface area contributed by atoms with Gasteiger partial charge in [-0.05, 0) is 18.2 Å². The number of primary sulfonamides is 1. The standard InChI is InChI=1S/C10H13N5O3S/c11-8-5-7(1-2-9(8)19(12,16)17)13-4-3-10-14-6-15-18-10/h1-2,5-6,13H,3-4,11H2,(H2,12,16,17). The summed E-state index contributed by atoms with van der Waals surface area (Å²) in [5.41, 5.74) is 6.42. The highest BCUT2D eigenvalue weighted by Gasteiger charge is 2.12. The molecule has 0 radical (unpaired) electrons. The lowest BCUT2D eigenvalue weighted by molar-refractivity contribution is 0.380. The van der Waals surface area contributed by atoms with Crippen molar-refractivity contribution >= 4 is 21.4 Å². The van der Waals surface area contributed by atoms with Crippen molar-refractivity contribution in [3.05, 3.63) is 30.4 Å². The Morgan fingerprint density at radius 1 is 1.37 bits per heavy atom. The minimum atomic E-state index is -3.79. The van der Waals surface area contributed by atoms with Crippen molar-refractivity contribution in [2.75, 3.05) is 17.6 Å². The fraction of sp³-hybridized carbons (Fsp3) is 0.200. The second-order valence-corrected chi connectivity index (χ2v) is 5.34. The lowest BCUT2D eigenvalue weighted by Crippen LogP contribution is -2.14. The van der Waals surface area contributed by atoms with E-state index in [9.17, 15) is 8.42 Å². The van der Waals surface area contributed by atoms with Gasteiger partial charge in [-0.3, -0.25) is 0 Å². The first-order valence-corrected chi connectivity index (χ1v) is 6.93. The summed E-state index contributed by atoms with van der Waals surface area (Å²) in [6.07, 6.45) is 1.88. The Bertz CT molecular complexity index is 654. The molecular weight excluding hydrogens is 270 g/mol. The zero-order valence-corrected chi connectivity index (χ0v) is 10.7. The van der Waals surface area contributed by atoms with Gasteiger partial charge in [-0.25, -0.2) is 13.6 Å². The average Bonchev–Trinajstić information content (AvgIpc) is 2.80. The van der Waals surface area contributed by atoms with E-state index in [0.29, 0.717) is 24.5 Å². The second-order valence-electron chi connectivity index (χ2n) is 3.81. The predicted molar refractivity (Wildman–Crippen MR) is 68.7 cm³/mol. The summed E-state index contributed by atoms with van der Waals surface area (Å²) in [6.45, 7) is 0.552. The quantitative estimate of drug-likeness (QED) is 0.654. The summed E-state index contributed by atoms with van der Waals surface area (Å²) in [5.74, 6) is 0.515. The van der Waals surface area contributed by atoms with E-state index in [0.717, 1.165) is 0 Å². The van der Waals surface area contributed by atoms with Crippen molar-refractivity contribution in [1.82, 2.24) is 10.1 Å². The van der Waals surface area contributed by atoms with Crippen LogP contribution >= 0.6 is 0 Å². The van der Waals surface area contributed by atoms with Crippen molar-refractivity contribution in [2.45, 2.75) is 11.3 Å². The Kier molecular flexibility index (Phi) is 3.67. The maximum absolute atomic E-state index is 11.2. The van der Waals surface area contributed by atoms with E-state index >= 15 is 0 Å². The number of hydrogen-bond acceptors (Lipinski definition) is 7. The van der Waals surface area contributed by atoms with Gasteiger partial charge in [0.1, 0.15) is 4.90 Å². The minimum absolute atomic E-state index is 0.0880. The van der Waals surface area contributed by atoms with Gasteiger partial charge >= 0.3 is 0 Å². The first-order valence-electron chi connectivity index (χ1n) is 5.38. The Balaban J connectivity index is 2.00. The minimum Gasteiger partial charge on any atom is -0.398 e. The van der Waals surface area contributed by atoms with Crippen molar-refractivity contribution < 1.29 is 12.9 Å². The summed E-state index contributed by atoms with van der Waals surface area (Å²) in [6, 6.07) is 4.46. The first kappa shape index (κ1) is 13.3. The van der Waals surface area contributed by atoms with Crippen LogP contribution in [0.3, 0.4) is 0 Å². The number of nitrogens with two attached hydrogens (primary N) is 2. The molecule has 0 fully saturated rings. The lowest BCUT2D eigenvalue weighted by Gasteiger charge is -2.08. The fourth-order valence-electron chi connectivity index (χ4n) is 1.54. The second kappa shape index (κ2) is 5.24. The SMILES string of the molecule is Nc1cc(NCCc2ncno2)ccc1S(N)(=O)=O. The molecular formula is C10H13N5O3S. The molecule has 0 aliphatic heterocycles. The van der Waals surface area contributed by atoms with Crippen LogP contribution in [0.2, 0.25) is 0 Å². The van der Waals surface area contributed by atoms with Crippen LogP contribution in [0, 0.1) is 0 Å². The molecule has 0 saturated carbocycles.